The molecule has 0 bridgehead atoms. The smallest absolute Gasteiger partial charge is 0.323 e. The van der Waals surface area contributed by atoms with Gasteiger partial charge in [0.05, 0.1) is 11.0 Å². The van der Waals surface area contributed by atoms with Crippen LogP contribution in [0.3, 0.4) is 0 Å². The summed E-state index contributed by atoms with van der Waals surface area (Å²) in [5.74, 6) is 0. The van der Waals surface area contributed by atoms with Crippen molar-refractivity contribution >= 4 is 16.7 Å². The molecule has 5 nitrogen and oxygen atoms in total. The van der Waals surface area contributed by atoms with Crippen LogP contribution in [-0.2, 0) is 0 Å². The lowest BCUT2D eigenvalue weighted by atomic mass is 10.2. The van der Waals surface area contributed by atoms with Crippen LogP contribution in [0.4, 0.5) is 5.69 Å². The zero-order valence-corrected chi connectivity index (χ0v) is 8.34. The van der Waals surface area contributed by atoms with Crippen LogP contribution in [0.25, 0.3) is 11.0 Å². The molecule has 1 aromatic heterocycles. The van der Waals surface area contributed by atoms with Crippen LogP contribution in [-0.4, -0.2) is 23.1 Å². The second-order valence-electron chi connectivity index (χ2n) is 3.41. The van der Waals surface area contributed by atoms with E-state index in [1.165, 1.54) is 0 Å². The molecule has 2 aromatic rings. The predicted molar refractivity (Wildman–Crippen MR) is 61.1 cm³/mol. The summed E-state index contributed by atoms with van der Waals surface area (Å²) >= 11 is 0. The Hall–Kier alpha value is -1.75. The maximum atomic E-state index is 11.0. The molecule has 80 valence electrons. The van der Waals surface area contributed by atoms with Gasteiger partial charge in [-0.3, -0.25) is 0 Å². The lowest BCUT2D eigenvalue weighted by Gasteiger charge is -2.04. The summed E-state index contributed by atoms with van der Waals surface area (Å²) in [4.78, 5) is 16.4. The molecule has 0 radical (unpaired) electrons. The first-order valence-electron chi connectivity index (χ1n) is 4.95. The average molecular weight is 206 g/mol. The first-order valence-corrected chi connectivity index (χ1v) is 4.95. The predicted octanol–water partition coefficient (Wildman–Crippen LogP) is 0.617. The third kappa shape index (κ3) is 2.19. The fourth-order valence-corrected chi connectivity index (χ4v) is 1.48. The number of rotatable bonds is 4. The number of fused-ring (bicyclic) bond motifs is 1. The van der Waals surface area contributed by atoms with E-state index in [0.29, 0.717) is 6.54 Å². The van der Waals surface area contributed by atoms with Gasteiger partial charge in [0.15, 0.2) is 0 Å². The number of benzene rings is 1. The number of anilines is 1. The van der Waals surface area contributed by atoms with E-state index in [4.69, 9.17) is 5.73 Å². The highest BCUT2D eigenvalue weighted by Crippen LogP contribution is 2.14. The van der Waals surface area contributed by atoms with Crippen LogP contribution in [0, 0.1) is 0 Å². The molecule has 1 aromatic carbocycles. The molecule has 0 saturated carbocycles. The van der Waals surface area contributed by atoms with Gasteiger partial charge in [0.1, 0.15) is 0 Å². The molecule has 0 unspecified atom stereocenters. The van der Waals surface area contributed by atoms with E-state index in [0.717, 1.165) is 29.7 Å². The minimum atomic E-state index is -0.177. The van der Waals surface area contributed by atoms with Crippen LogP contribution >= 0.6 is 0 Å². The fraction of sp³-hybridized carbons (Fsp3) is 0.300. The van der Waals surface area contributed by atoms with Crippen LogP contribution in [0.15, 0.2) is 23.0 Å². The van der Waals surface area contributed by atoms with Crippen molar-refractivity contribution in [3.05, 3.63) is 28.7 Å². The monoisotopic (exact) mass is 206 g/mol. The van der Waals surface area contributed by atoms with Crippen molar-refractivity contribution in [2.24, 2.45) is 5.73 Å². The summed E-state index contributed by atoms with van der Waals surface area (Å²) in [5, 5.41) is 3.23. The minimum absolute atomic E-state index is 0.177. The van der Waals surface area contributed by atoms with E-state index < -0.39 is 0 Å². The van der Waals surface area contributed by atoms with Gasteiger partial charge in [0, 0.05) is 12.2 Å². The highest BCUT2D eigenvalue weighted by Gasteiger charge is 1.98. The molecule has 15 heavy (non-hydrogen) atoms. The summed E-state index contributed by atoms with van der Waals surface area (Å²) in [7, 11) is 0. The molecule has 2 rings (SSSR count). The number of hydrogen-bond acceptors (Lipinski definition) is 3. The number of aromatic nitrogens is 2. The van der Waals surface area contributed by atoms with Gasteiger partial charge < -0.3 is 21.0 Å². The molecule has 0 aliphatic carbocycles. The number of nitrogens with one attached hydrogen (secondary N) is 3. The van der Waals surface area contributed by atoms with Crippen molar-refractivity contribution in [2.45, 2.75) is 6.42 Å². The van der Waals surface area contributed by atoms with Gasteiger partial charge in [0.25, 0.3) is 0 Å². The molecular weight excluding hydrogens is 192 g/mol. The van der Waals surface area contributed by atoms with Crippen LogP contribution in [0.2, 0.25) is 0 Å². The van der Waals surface area contributed by atoms with E-state index in [1.807, 2.05) is 18.2 Å². The molecule has 5 heteroatoms. The molecule has 1 heterocycles. The number of imidazole rings is 1. The van der Waals surface area contributed by atoms with Crippen molar-refractivity contribution in [3.63, 3.8) is 0 Å². The Morgan fingerprint density at radius 3 is 2.87 bits per heavy atom. The second-order valence-corrected chi connectivity index (χ2v) is 3.41. The van der Waals surface area contributed by atoms with E-state index in [1.54, 1.807) is 0 Å². The Kier molecular flexibility index (Phi) is 2.73. The normalized spacial score (nSPS) is 10.7. The van der Waals surface area contributed by atoms with Gasteiger partial charge in [-0.1, -0.05) is 0 Å². The van der Waals surface area contributed by atoms with E-state index in [2.05, 4.69) is 15.3 Å². The highest BCUT2D eigenvalue weighted by atomic mass is 16.1. The van der Waals surface area contributed by atoms with E-state index in [-0.39, 0.29) is 5.69 Å². The van der Waals surface area contributed by atoms with Gasteiger partial charge in [0.2, 0.25) is 0 Å². The summed E-state index contributed by atoms with van der Waals surface area (Å²) in [5.41, 5.74) is 7.85. The van der Waals surface area contributed by atoms with Gasteiger partial charge in [-0.15, -0.1) is 0 Å². The van der Waals surface area contributed by atoms with Gasteiger partial charge in [-0.05, 0) is 31.2 Å². The van der Waals surface area contributed by atoms with E-state index >= 15 is 0 Å². The molecule has 0 aliphatic heterocycles. The molecule has 0 fully saturated rings. The van der Waals surface area contributed by atoms with Crippen LogP contribution < -0.4 is 16.7 Å². The first-order chi connectivity index (χ1) is 7.29. The molecule has 0 aliphatic rings. The van der Waals surface area contributed by atoms with Gasteiger partial charge in [-0.2, -0.15) is 0 Å². The quantitative estimate of drug-likeness (QED) is 0.553. The second kappa shape index (κ2) is 4.18. The Labute approximate surface area is 86.7 Å². The van der Waals surface area contributed by atoms with Gasteiger partial charge >= 0.3 is 5.69 Å². The van der Waals surface area contributed by atoms with Gasteiger partial charge in [-0.25, -0.2) is 4.79 Å². The number of nitrogens with two attached hydrogens (primary N) is 1. The topological polar surface area (TPSA) is 86.7 Å². The van der Waals surface area contributed by atoms with Crippen LogP contribution in [0.5, 0.6) is 0 Å². The SMILES string of the molecule is NCCCNc1ccc2[nH]c(=O)[nH]c2c1. The molecule has 5 N–H and O–H groups in total. The Bertz CT molecular complexity index is 499. The molecule has 0 amide bonds. The number of aromatic amines is 2. The lowest BCUT2D eigenvalue weighted by molar-refractivity contribution is 0.874. The van der Waals surface area contributed by atoms with Crippen LogP contribution in [0.1, 0.15) is 6.42 Å². The zero-order valence-electron chi connectivity index (χ0n) is 8.34. The Morgan fingerprint density at radius 1 is 1.27 bits per heavy atom. The van der Waals surface area contributed by atoms with Crippen molar-refractivity contribution < 1.29 is 0 Å². The molecule has 0 spiro atoms. The zero-order chi connectivity index (χ0) is 10.7. The Morgan fingerprint density at radius 2 is 2.07 bits per heavy atom. The van der Waals surface area contributed by atoms with Crippen molar-refractivity contribution in [2.75, 3.05) is 18.4 Å². The maximum Gasteiger partial charge on any atom is 0.323 e. The summed E-state index contributed by atoms with van der Waals surface area (Å²) < 4.78 is 0. The lowest BCUT2D eigenvalue weighted by Crippen LogP contribution is -2.08. The fourth-order valence-electron chi connectivity index (χ4n) is 1.48. The average Bonchev–Trinajstić information content (AvgIpc) is 2.57. The minimum Gasteiger partial charge on any atom is -0.385 e. The Balaban J connectivity index is 2.19. The summed E-state index contributed by atoms with van der Waals surface area (Å²) in [6.07, 6.45) is 0.932. The largest absolute Gasteiger partial charge is 0.385 e. The summed E-state index contributed by atoms with van der Waals surface area (Å²) in [6.45, 7) is 1.52. The molecule has 0 atom stereocenters. The standard InChI is InChI=1S/C10H14N4O/c11-4-1-5-12-7-2-3-8-9(6-7)14-10(15)13-8/h2-3,6,12H,1,4-5,11H2,(H2,13,14,15). The number of H-pyrrole nitrogens is 2. The first kappa shape index (κ1) is 9.79. The third-order valence-electron chi connectivity index (χ3n) is 2.23. The third-order valence-corrected chi connectivity index (χ3v) is 2.23. The van der Waals surface area contributed by atoms with Crippen molar-refractivity contribution in [1.82, 2.24) is 9.97 Å². The maximum absolute atomic E-state index is 11.0. The number of hydrogen-bond donors (Lipinski definition) is 4. The van der Waals surface area contributed by atoms with Crippen molar-refractivity contribution in [1.29, 1.82) is 0 Å². The van der Waals surface area contributed by atoms with Crippen molar-refractivity contribution in [3.8, 4) is 0 Å². The molecular formula is C10H14N4O. The summed E-state index contributed by atoms with van der Waals surface area (Å²) in [6, 6.07) is 5.71. The molecule has 0 saturated heterocycles. The van der Waals surface area contributed by atoms with E-state index in [9.17, 15) is 4.79 Å². The highest BCUT2D eigenvalue weighted by molar-refractivity contribution is 5.78.